The molecule has 2 aliphatic heterocycles. The maximum atomic E-state index is 13.0. The lowest BCUT2D eigenvalue weighted by molar-refractivity contribution is -0.142. The maximum Gasteiger partial charge on any atom is 0.271 e. The Bertz CT molecular complexity index is 1010. The smallest absolute Gasteiger partial charge is 0.270 e. The Kier molecular flexibility index (Phi) is 5.27. The van der Waals surface area contributed by atoms with Gasteiger partial charge in [-0.3, -0.25) is 14.5 Å². The van der Waals surface area contributed by atoms with E-state index in [1.54, 1.807) is 24.8 Å². The Morgan fingerprint density at radius 1 is 1.22 bits per heavy atom. The third kappa shape index (κ3) is 3.70. The van der Waals surface area contributed by atoms with Crippen molar-refractivity contribution >= 4 is 39.5 Å². The molecule has 2 amide bonds. The Labute approximate surface area is 162 Å². The molecule has 8 heteroatoms. The zero-order valence-corrected chi connectivity index (χ0v) is 16.6. The van der Waals surface area contributed by atoms with Crippen molar-refractivity contribution in [1.82, 2.24) is 4.90 Å². The molecule has 1 atom stereocenters. The van der Waals surface area contributed by atoms with Gasteiger partial charge in [-0.15, -0.1) is 11.8 Å². The van der Waals surface area contributed by atoms with Gasteiger partial charge in [0, 0.05) is 10.5 Å². The van der Waals surface area contributed by atoms with E-state index in [0.717, 1.165) is 15.4 Å². The quantitative estimate of drug-likeness (QED) is 0.437. The molecule has 1 aromatic carbocycles. The van der Waals surface area contributed by atoms with Gasteiger partial charge >= 0.3 is 0 Å². The summed E-state index contributed by atoms with van der Waals surface area (Å²) >= 11 is 1.60. The summed E-state index contributed by atoms with van der Waals surface area (Å²) in [7, 11) is -3.28. The number of thioether (sulfide) groups is 1. The fraction of sp³-hybridized carbons (Fsp3) is 0.316. The first-order chi connectivity index (χ1) is 12.8. The lowest BCUT2D eigenvalue weighted by Gasteiger charge is -2.31. The van der Waals surface area contributed by atoms with E-state index in [9.17, 15) is 23.3 Å². The number of hydrogen-bond donors (Lipinski definition) is 0. The Hall–Kier alpha value is -2.37. The Morgan fingerprint density at radius 3 is 2.41 bits per heavy atom. The van der Waals surface area contributed by atoms with Crippen LogP contribution in [-0.4, -0.2) is 48.9 Å². The zero-order valence-electron chi connectivity index (χ0n) is 14.9. The van der Waals surface area contributed by atoms with Crippen LogP contribution in [-0.2, 0) is 19.4 Å². The lowest BCUT2D eigenvalue weighted by Crippen LogP contribution is -2.49. The lowest BCUT2D eigenvalue weighted by atomic mass is 9.92. The maximum absolute atomic E-state index is 13.0. The van der Waals surface area contributed by atoms with Gasteiger partial charge < -0.3 is 0 Å². The molecule has 27 heavy (non-hydrogen) atoms. The predicted octanol–water partition coefficient (Wildman–Crippen LogP) is 2.19. The second kappa shape index (κ2) is 7.33. The molecule has 0 radical (unpaired) electrons. The number of hydrogen-bond acceptors (Lipinski definition) is 6. The third-order valence-corrected chi connectivity index (χ3v) is 7.27. The molecule has 1 unspecified atom stereocenters. The van der Waals surface area contributed by atoms with Crippen molar-refractivity contribution in [3.63, 3.8) is 0 Å². The molecule has 0 aliphatic carbocycles. The second-order valence-corrected chi connectivity index (χ2v) is 9.59. The van der Waals surface area contributed by atoms with E-state index in [2.05, 4.69) is 0 Å². The number of nitriles is 1. The molecule has 0 aromatic heterocycles. The van der Waals surface area contributed by atoms with Crippen molar-refractivity contribution in [1.29, 1.82) is 5.26 Å². The van der Waals surface area contributed by atoms with Crippen molar-refractivity contribution < 1.29 is 18.0 Å². The molecule has 1 saturated heterocycles. The van der Waals surface area contributed by atoms with Gasteiger partial charge in [0.25, 0.3) is 11.8 Å². The summed E-state index contributed by atoms with van der Waals surface area (Å²) in [6.45, 7) is 1.57. The van der Waals surface area contributed by atoms with Crippen molar-refractivity contribution in [2.75, 3.05) is 17.8 Å². The van der Waals surface area contributed by atoms with E-state index in [0.29, 0.717) is 5.57 Å². The Morgan fingerprint density at radius 2 is 1.89 bits per heavy atom. The molecule has 0 saturated carbocycles. The number of carbonyl (C=O) groups is 2. The predicted molar refractivity (Wildman–Crippen MR) is 103 cm³/mol. The minimum atomic E-state index is -3.28. The van der Waals surface area contributed by atoms with Crippen molar-refractivity contribution in [3.8, 4) is 6.07 Å². The summed E-state index contributed by atoms with van der Waals surface area (Å²) in [6, 6.07) is 8.69. The molecule has 1 aromatic rings. The van der Waals surface area contributed by atoms with Crippen LogP contribution in [0.25, 0.3) is 6.08 Å². The number of carbonyl (C=O) groups excluding carboxylic acids is 2. The number of imide groups is 1. The van der Waals surface area contributed by atoms with E-state index in [1.165, 1.54) is 0 Å². The molecule has 6 nitrogen and oxygen atoms in total. The van der Waals surface area contributed by atoms with Gasteiger partial charge in [0.2, 0.25) is 0 Å². The van der Waals surface area contributed by atoms with Gasteiger partial charge in [0.15, 0.2) is 9.84 Å². The number of amides is 2. The fourth-order valence-electron chi connectivity index (χ4n) is 3.28. The van der Waals surface area contributed by atoms with Crippen LogP contribution in [0.3, 0.4) is 0 Å². The van der Waals surface area contributed by atoms with E-state index in [4.69, 9.17) is 0 Å². The highest BCUT2D eigenvalue weighted by Crippen LogP contribution is 2.31. The fourth-order valence-corrected chi connectivity index (χ4v) is 5.39. The van der Waals surface area contributed by atoms with Crippen LogP contribution in [0.15, 0.2) is 45.9 Å². The summed E-state index contributed by atoms with van der Waals surface area (Å²) in [5.74, 6) is -1.57. The molecule has 2 heterocycles. The van der Waals surface area contributed by atoms with Crippen LogP contribution in [0.5, 0.6) is 0 Å². The number of nitrogens with zero attached hydrogens (tertiary/aromatic N) is 2. The third-order valence-electron chi connectivity index (χ3n) is 4.77. The highest BCUT2D eigenvalue weighted by Gasteiger charge is 2.43. The number of benzene rings is 1. The van der Waals surface area contributed by atoms with Gasteiger partial charge in [-0.1, -0.05) is 12.1 Å². The van der Waals surface area contributed by atoms with E-state index in [-0.39, 0.29) is 29.1 Å². The Balaban J connectivity index is 2.05. The van der Waals surface area contributed by atoms with Crippen molar-refractivity contribution in [2.24, 2.45) is 0 Å². The summed E-state index contributed by atoms with van der Waals surface area (Å²) < 4.78 is 23.6. The first-order valence-corrected chi connectivity index (χ1v) is 11.4. The standard InChI is InChI=1S/C19H18N2O4S2/c1-12-16(9-13-3-5-15(26-2)6-4-13)18(22)21(19(23)17(12)10-20)14-7-8-27(24,25)11-14/h3-6,9,14H,7-8,11H2,1-2H3. The normalized spacial score (nSPS) is 23.8. The first kappa shape index (κ1) is 19.4. The largest absolute Gasteiger partial charge is 0.271 e. The molecule has 3 rings (SSSR count). The van der Waals surface area contributed by atoms with Crippen LogP contribution in [0.2, 0.25) is 0 Å². The monoisotopic (exact) mass is 402 g/mol. The summed E-state index contributed by atoms with van der Waals surface area (Å²) in [6.07, 6.45) is 3.80. The molecule has 1 fully saturated rings. The highest BCUT2D eigenvalue weighted by molar-refractivity contribution is 7.98. The number of sulfone groups is 1. The van der Waals surface area contributed by atoms with Crippen molar-refractivity contribution in [2.45, 2.75) is 24.3 Å². The summed E-state index contributed by atoms with van der Waals surface area (Å²) in [5.41, 5.74) is 1.21. The first-order valence-electron chi connectivity index (χ1n) is 8.33. The molecular weight excluding hydrogens is 384 g/mol. The molecule has 2 aliphatic rings. The van der Waals surface area contributed by atoms with Gasteiger partial charge in [0.05, 0.1) is 17.5 Å². The SMILES string of the molecule is CSc1ccc(C=C2C(=O)N(C3CCS(=O)(=O)C3)C(=O)C(C#N)=C2C)cc1. The minimum Gasteiger partial charge on any atom is -0.270 e. The summed E-state index contributed by atoms with van der Waals surface area (Å²) in [4.78, 5) is 27.7. The van der Waals surface area contributed by atoms with E-state index < -0.39 is 27.7 Å². The molecule has 0 bridgehead atoms. The van der Waals surface area contributed by atoms with Gasteiger partial charge in [0.1, 0.15) is 11.6 Å². The van der Waals surface area contributed by atoms with Gasteiger partial charge in [-0.05, 0) is 48.9 Å². The molecule has 0 N–H and O–H groups in total. The molecular formula is C19H18N2O4S2. The highest BCUT2D eigenvalue weighted by atomic mass is 32.2. The van der Waals surface area contributed by atoms with Crippen LogP contribution >= 0.6 is 11.8 Å². The van der Waals surface area contributed by atoms with Crippen LogP contribution in [0, 0.1) is 11.3 Å². The van der Waals surface area contributed by atoms with Crippen LogP contribution in [0.4, 0.5) is 0 Å². The summed E-state index contributed by atoms with van der Waals surface area (Å²) in [5, 5.41) is 9.42. The van der Waals surface area contributed by atoms with Crippen LogP contribution < -0.4 is 0 Å². The minimum absolute atomic E-state index is 0.0610. The molecule has 0 spiro atoms. The van der Waals surface area contributed by atoms with Gasteiger partial charge in [-0.2, -0.15) is 5.26 Å². The average Bonchev–Trinajstić information content (AvgIpc) is 2.99. The van der Waals surface area contributed by atoms with E-state index in [1.807, 2.05) is 36.6 Å². The van der Waals surface area contributed by atoms with Crippen molar-refractivity contribution in [3.05, 3.63) is 46.5 Å². The van der Waals surface area contributed by atoms with Gasteiger partial charge in [-0.25, -0.2) is 8.42 Å². The second-order valence-electron chi connectivity index (χ2n) is 6.48. The topological polar surface area (TPSA) is 95.3 Å². The molecule has 140 valence electrons. The van der Waals surface area contributed by atoms with Crippen LogP contribution in [0.1, 0.15) is 18.9 Å². The zero-order chi connectivity index (χ0) is 19.8. The van der Waals surface area contributed by atoms with E-state index >= 15 is 0 Å². The number of rotatable bonds is 3. The average molecular weight is 402 g/mol.